The molecule has 0 bridgehead atoms. The summed E-state index contributed by atoms with van der Waals surface area (Å²) in [7, 11) is -6.04. The molecule has 0 atom stereocenters. The Morgan fingerprint density at radius 1 is 0.660 bits per heavy atom. The molecule has 0 unspecified atom stereocenters. The van der Waals surface area contributed by atoms with Gasteiger partial charge in [0.25, 0.3) is 0 Å². The van der Waals surface area contributed by atoms with Crippen molar-refractivity contribution in [3.8, 4) is 34.0 Å². The van der Waals surface area contributed by atoms with Crippen LogP contribution in [0.25, 0.3) is 22.5 Å². The SMILES string of the molecule is Cn1cc(S(=O)(=O)[O-])cc2c(Br)c(O)c(=NCCO)cc1-2.Cn1cc(S(=O)(=O)[O-])cc2c(Br)c(O)c(=NCCO)cc1-2.O.[Ni+2].[OH3+].[OH3+].[OH3+].[OH3+].[OH3+].[OH3+]. The van der Waals surface area contributed by atoms with E-state index in [1.807, 2.05) is 0 Å². The van der Waals surface area contributed by atoms with E-state index >= 15 is 0 Å². The molecular weight excluding hydrogens is 899 g/mol. The number of aliphatic hydroxyl groups is 2. The van der Waals surface area contributed by atoms with E-state index in [2.05, 4.69) is 41.8 Å². The van der Waals surface area contributed by atoms with Crippen LogP contribution in [0.15, 0.2) is 65.4 Å². The summed E-state index contributed by atoms with van der Waals surface area (Å²) in [5.41, 5.74) is 1.89. The number of aliphatic hydroxyl groups excluding tert-OH is 2. The zero-order chi connectivity index (χ0) is 31.6. The van der Waals surface area contributed by atoms with E-state index in [-0.39, 0.29) is 112 Å². The summed E-state index contributed by atoms with van der Waals surface area (Å²) in [4.78, 5) is 7.27. The number of aromatic hydroxyl groups is 2. The minimum atomic E-state index is -4.60. The fraction of sp³-hybridized carbons (Fsp3) is 0.250. The first kappa shape index (κ1) is 59.5. The fourth-order valence-corrected chi connectivity index (χ4v) is 5.99. The van der Waals surface area contributed by atoms with Gasteiger partial charge in [-0.15, -0.1) is 0 Å². The van der Waals surface area contributed by atoms with E-state index < -0.39 is 30.0 Å². The molecular formula is C24H44Br2N4NiO17S2+6. The van der Waals surface area contributed by atoms with E-state index in [0.29, 0.717) is 22.5 Å². The summed E-state index contributed by atoms with van der Waals surface area (Å²) in [6.07, 6.45) is 2.40. The van der Waals surface area contributed by atoms with Gasteiger partial charge in [-0.1, -0.05) is 0 Å². The summed E-state index contributed by atoms with van der Waals surface area (Å²) in [5.74, 6) is -0.368. The van der Waals surface area contributed by atoms with Crippen LogP contribution in [0.2, 0.25) is 0 Å². The van der Waals surface area contributed by atoms with Gasteiger partial charge in [0.2, 0.25) is 0 Å². The van der Waals surface area contributed by atoms with E-state index in [1.165, 1.54) is 33.7 Å². The number of fused-ring (bicyclic) bond motifs is 2. The maximum absolute atomic E-state index is 11.1. The van der Waals surface area contributed by atoms with Crippen molar-refractivity contribution in [1.29, 1.82) is 0 Å². The van der Waals surface area contributed by atoms with Crippen molar-refractivity contribution in [2.24, 2.45) is 24.1 Å². The monoisotopic (exact) mass is 940 g/mol. The van der Waals surface area contributed by atoms with Gasteiger partial charge >= 0.3 is 16.5 Å². The van der Waals surface area contributed by atoms with Gasteiger partial charge in [-0.25, -0.2) is 16.8 Å². The topological polar surface area (TPSA) is 459 Å². The van der Waals surface area contributed by atoms with Crippen LogP contribution < -0.4 is 10.7 Å². The Hall–Kier alpha value is -2.63. The third-order valence-corrected chi connectivity index (χ3v) is 9.00. The molecule has 0 fully saturated rings. The summed E-state index contributed by atoms with van der Waals surface area (Å²) >= 11 is 6.35. The van der Waals surface area contributed by atoms with Crippen LogP contribution in [-0.4, -0.2) is 87.3 Å². The van der Waals surface area contributed by atoms with Crippen LogP contribution in [0.4, 0.5) is 0 Å². The first-order valence-electron chi connectivity index (χ1n) is 11.7. The summed E-state index contributed by atoms with van der Waals surface area (Å²) < 4.78 is 70.2. The number of phenols is 2. The molecule has 0 saturated heterocycles. The van der Waals surface area contributed by atoms with E-state index in [1.54, 1.807) is 26.2 Å². The van der Waals surface area contributed by atoms with Gasteiger partial charge in [0.15, 0.2) is 11.5 Å². The van der Waals surface area contributed by atoms with Crippen LogP contribution in [-0.2, 0) is 83.7 Å². The molecule has 26 heteroatoms. The molecule has 2 heterocycles. The zero-order valence-corrected chi connectivity index (χ0v) is 32.0. The van der Waals surface area contributed by atoms with Crippen molar-refractivity contribution in [3.63, 3.8) is 0 Å². The number of pyridine rings is 2. The first-order chi connectivity index (χ1) is 19.5. The number of rotatable bonds is 6. The second-order valence-corrected chi connectivity index (χ2v) is 13.0. The molecule has 4 rings (SSSR count). The predicted octanol–water partition coefficient (Wildman–Crippen LogP) is -5.57. The smallest absolute Gasteiger partial charge is 0.744 e. The minimum absolute atomic E-state index is 0. The Morgan fingerprint density at radius 2 is 0.940 bits per heavy atom. The van der Waals surface area contributed by atoms with Crippen molar-refractivity contribution in [2.75, 3.05) is 26.3 Å². The molecule has 0 aromatic carbocycles. The Balaban J connectivity index is -0.000000167. The Bertz CT molecular complexity index is 1820. The maximum atomic E-state index is 11.1. The van der Waals surface area contributed by atoms with Crippen molar-refractivity contribution < 1.29 is 101 Å². The molecule has 0 radical (unpaired) electrons. The van der Waals surface area contributed by atoms with Crippen LogP contribution in [0, 0.1) is 0 Å². The van der Waals surface area contributed by atoms with Crippen LogP contribution in [0.3, 0.4) is 0 Å². The standard InChI is InChI=1S/2C12H13BrN2O5S.Ni.7H2O/c2*1-15-6-7(21(18,19)20)4-8-10(15)5-9(14-2-3-16)12(17)11(8)13;;;;;;;;/h2*4-6,16-17H,2-3H2,1H3,(H,18,19,20);;7*1H2/q;;+2;;;;;;;/p+4. The molecule has 0 spiro atoms. The molecule has 292 valence electrons. The number of nitrogens with zero attached hydrogens (tertiary/aromatic N) is 4. The largest absolute Gasteiger partial charge is 2.00 e. The number of aromatic nitrogens is 2. The maximum Gasteiger partial charge on any atom is 2.00 e. The molecule has 0 aromatic heterocycles. The molecule has 0 amide bonds. The second kappa shape index (κ2) is 23.8. The number of aryl methyl sites for hydroxylation is 2. The third-order valence-electron chi connectivity index (χ3n) is 5.79. The van der Waals surface area contributed by atoms with Crippen molar-refractivity contribution in [2.45, 2.75) is 9.79 Å². The second-order valence-electron chi connectivity index (χ2n) is 8.67. The Morgan fingerprint density at radius 3 is 1.18 bits per heavy atom. The molecule has 2 aliphatic heterocycles. The van der Waals surface area contributed by atoms with Gasteiger partial charge in [0, 0.05) is 37.6 Å². The van der Waals surface area contributed by atoms with Crippen LogP contribution >= 0.6 is 31.9 Å². The number of benzene rings is 2. The molecule has 2 aliphatic carbocycles. The van der Waals surface area contributed by atoms with Gasteiger partial charge in [0.1, 0.15) is 31.0 Å². The molecule has 4 aliphatic rings. The minimum Gasteiger partial charge on any atom is -0.744 e. The number of hydrogen-bond donors (Lipinski definition) is 4. The van der Waals surface area contributed by atoms with E-state index in [0.717, 1.165) is 0 Å². The fourth-order valence-electron chi connectivity index (χ4n) is 3.85. The Kier molecular flexibility index (Phi) is 28.3. The number of halogens is 2. The quantitative estimate of drug-likeness (QED) is 0.0807. The number of hydrogen-bond acceptors (Lipinski definition) is 12. The Labute approximate surface area is 311 Å². The third kappa shape index (κ3) is 13.5. The van der Waals surface area contributed by atoms with Crippen molar-refractivity contribution >= 4 is 52.1 Å². The molecule has 0 saturated carbocycles. The van der Waals surface area contributed by atoms with E-state index in [9.17, 15) is 36.2 Å². The normalized spacial score (nSPS) is 11.0. The average molecular weight is 943 g/mol. The van der Waals surface area contributed by atoms with Crippen molar-refractivity contribution in [1.82, 2.24) is 9.13 Å². The van der Waals surface area contributed by atoms with Crippen LogP contribution in [0.5, 0.6) is 11.5 Å². The average Bonchev–Trinajstić information content (AvgIpc) is 2.91. The summed E-state index contributed by atoms with van der Waals surface area (Å²) in [6, 6.07) is 5.48. The number of phenolic OH excluding ortho intramolecular Hbond substituents is 2. The van der Waals surface area contributed by atoms with Crippen molar-refractivity contribution in [3.05, 3.63) is 56.3 Å². The van der Waals surface area contributed by atoms with Gasteiger partial charge in [0.05, 0.1) is 56.4 Å². The molecule has 50 heavy (non-hydrogen) atoms. The van der Waals surface area contributed by atoms with E-state index in [4.69, 9.17) is 10.2 Å². The molecule has 21 nitrogen and oxygen atoms in total. The summed E-state index contributed by atoms with van der Waals surface area (Å²) in [5, 5.41) is 38.2. The molecule has 24 N–H and O–H groups in total. The van der Waals surface area contributed by atoms with Gasteiger partial charge in [-0.3, -0.25) is 9.98 Å². The molecule has 0 aromatic rings. The van der Waals surface area contributed by atoms with Gasteiger partial charge in [-0.2, -0.15) is 0 Å². The van der Waals surface area contributed by atoms with Crippen LogP contribution in [0.1, 0.15) is 0 Å². The summed E-state index contributed by atoms with van der Waals surface area (Å²) in [6.45, 7) is -0.0618. The predicted molar refractivity (Wildman–Crippen MR) is 187 cm³/mol. The zero-order valence-electron chi connectivity index (χ0n) is 26.2. The first-order valence-corrected chi connectivity index (χ1v) is 16.1. The van der Waals surface area contributed by atoms with Gasteiger partial charge in [-0.05, 0) is 56.1 Å². The van der Waals surface area contributed by atoms with Gasteiger partial charge < -0.3 is 77.0 Å².